The van der Waals surface area contributed by atoms with Gasteiger partial charge in [-0.3, -0.25) is 0 Å². The van der Waals surface area contributed by atoms with Crippen LogP contribution in [0.5, 0.6) is 0 Å². The molecule has 1 aliphatic heterocycles. The first-order valence-electron chi connectivity index (χ1n) is 4.66. The number of morpholine rings is 1. The number of nitrogens with zero attached hydrogens (tertiary/aromatic N) is 2. The van der Waals surface area contributed by atoms with Crippen LogP contribution in [0, 0.1) is 0 Å². The molecule has 0 saturated carbocycles. The Morgan fingerprint density at radius 1 is 1.36 bits per heavy atom. The first kappa shape index (κ1) is 9.23. The number of nitrogen functional groups attached to an aromatic ring is 1. The van der Waals surface area contributed by atoms with E-state index in [9.17, 15) is 0 Å². The molecule has 0 radical (unpaired) electrons. The summed E-state index contributed by atoms with van der Waals surface area (Å²) in [5, 5.41) is 0. The Kier molecular flexibility index (Phi) is 2.81. The standard InChI is InChI=1S/C9H14N4O/c10-12-8-2-1-3-9(11-8)13-4-6-14-7-5-13/h1-3H,4-7,10H2,(H,11,12). The number of aromatic nitrogens is 1. The molecule has 0 atom stereocenters. The van der Waals surface area contributed by atoms with E-state index in [1.165, 1.54) is 0 Å². The number of nitrogens with two attached hydrogens (primary N) is 1. The number of anilines is 2. The second-order valence-electron chi connectivity index (χ2n) is 3.12. The average Bonchev–Trinajstić information content (AvgIpc) is 2.30. The normalized spacial score (nSPS) is 16.8. The smallest absolute Gasteiger partial charge is 0.142 e. The van der Waals surface area contributed by atoms with Crippen LogP contribution in [0.3, 0.4) is 0 Å². The van der Waals surface area contributed by atoms with E-state index in [4.69, 9.17) is 10.6 Å². The molecule has 2 heterocycles. The molecule has 3 N–H and O–H groups in total. The van der Waals surface area contributed by atoms with Crippen molar-refractivity contribution in [2.24, 2.45) is 5.84 Å². The third kappa shape index (κ3) is 1.94. The Bertz CT molecular complexity index is 299. The Hall–Kier alpha value is -1.33. The van der Waals surface area contributed by atoms with Gasteiger partial charge in [0, 0.05) is 13.1 Å². The van der Waals surface area contributed by atoms with E-state index >= 15 is 0 Å². The van der Waals surface area contributed by atoms with E-state index in [1.54, 1.807) is 0 Å². The maximum atomic E-state index is 5.29. The van der Waals surface area contributed by atoms with Gasteiger partial charge in [-0.1, -0.05) is 6.07 Å². The fourth-order valence-electron chi connectivity index (χ4n) is 1.47. The number of hydrogen-bond acceptors (Lipinski definition) is 5. The van der Waals surface area contributed by atoms with Crippen molar-refractivity contribution in [2.75, 3.05) is 36.6 Å². The van der Waals surface area contributed by atoms with Gasteiger partial charge in [0.15, 0.2) is 0 Å². The largest absolute Gasteiger partial charge is 0.378 e. The lowest BCUT2D eigenvalue weighted by molar-refractivity contribution is 0.122. The molecule has 2 rings (SSSR count). The van der Waals surface area contributed by atoms with E-state index in [0.29, 0.717) is 5.82 Å². The minimum atomic E-state index is 0.689. The highest BCUT2D eigenvalue weighted by molar-refractivity contribution is 5.46. The molecule has 76 valence electrons. The van der Waals surface area contributed by atoms with Crippen LogP contribution in [0.25, 0.3) is 0 Å². The number of hydrogen-bond donors (Lipinski definition) is 2. The van der Waals surface area contributed by atoms with Gasteiger partial charge in [0.05, 0.1) is 13.2 Å². The van der Waals surface area contributed by atoms with E-state index in [1.807, 2.05) is 18.2 Å². The van der Waals surface area contributed by atoms with Crippen LogP contribution in [0.15, 0.2) is 18.2 Å². The number of nitrogens with one attached hydrogen (secondary N) is 1. The van der Waals surface area contributed by atoms with E-state index in [0.717, 1.165) is 32.1 Å². The second-order valence-corrected chi connectivity index (χ2v) is 3.12. The molecule has 0 aromatic carbocycles. The third-order valence-corrected chi connectivity index (χ3v) is 2.22. The Morgan fingerprint density at radius 3 is 2.86 bits per heavy atom. The van der Waals surface area contributed by atoms with Gasteiger partial charge in [-0.25, -0.2) is 10.8 Å². The van der Waals surface area contributed by atoms with Crippen molar-refractivity contribution >= 4 is 11.6 Å². The second kappa shape index (κ2) is 4.26. The van der Waals surface area contributed by atoms with Crippen molar-refractivity contribution in [2.45, 2.75) is 0 Å². The van der Waals surface area contributed by atoms with Crippen LogP contribution in [0.2, 0.25) is 0 Å². The zero-order valence-corrected chi connectivity index (χ0v) is 7.94. The molecule has 1 aromatic heterocycles. The van der Waals surface area contributed by atoms with E-state index < -0.39 is 0 Å². The van der Waals surface area contributed by atoms with Crippen molar-refractivity contribution < 1.29 is 4.74 Å². The summed E-state index contributed by atoms with van der Waals surface area (Å²) in [6, 6.07) is 5.75. The minimum Gasteiger partial charge on any atom is -0.378 e. The van der Waals surface area contributed by atoms with Crippen LogP contribution < -0.4 is 16.2 Å². The summed E-state index contributed by atoms with van der Waals surface area (Å²) in [6.45, 7) is 3.31. The summed E-state index contributed by atoms with van der Waals surface area (Å²) in [4.78, 5) is 6.53. The van der Waals surface area contributed by atoms with Crippen LogP contribution in [-0.4, -0.2) is 31.3 Å². The van der Waals surface area contributed by atoms with Crippen molar-refractivity contribution in [3.63, 3.8) is 0 Å². The quantitative estimate of drug-likeness (QED) is 0.520. The maximum Gasteiger partial charge on any atom is 0.142 e. The van der Waals surface area contributed by atoms with Crippen LogP contribution in [0.1, 0.15) is 0 Å². The molecule has 0 unspecified atom stereocenters. The van der Waals surface area contributed by atoms with Gasteiger partial charge >= 0.3 is 0 Å². The Labute approximate surface area is 82.8 Å². The molecule has 1 aromatic rings. The summed E-state index contributed by atoms with van der Waals surface area (Å²) >= 11 is 0. The predicted octanol–water partition coefficient (Wildman–Crippen LogP) is 0.204. The summed E-state index contributed by atoms with van der Waals surface area (Å²) < 4.78 is 5.27. The molecule has 5 heteroatoms. The highest BCUT2D eigenvalue weighted by Crippen LogP contribution is 2.14. The van der Waals surface area contributed by atoms with Gasteiger partial charge < -0.3 is 15.1 Å². The Balaban J connectivity index is 2.13. The predicted molar refractivity (Wildman–Crippen MR) is 55.1 cm³/mol. The van der Waals surface area contributed by atoms with Gasteiger partial charge in [-0.15, -0.1) is 0 Å². The number of hydrazine groups is 1. The molecule has 1 saturated heterocycles. The number of ether oxygens (including phenoxy) is 1. The molecule has 1 aliphatic rings. The first-order chi connectivity index (χ1) is 6.90. The van der Waals surface area contributed by atoms with Gasteiger partial charge in [0.1, 0.15) is 11.6 Å². The summed E-state index contributed by atoms with van der Waals surface area (Å²) in [5.74, 6) is 6.93. The molecular formula is C9H14N4O. The van der Waals surface area contributed by atoms with Gasteiger partial charge in [0.25, 0.3) is 0 Å². The molecule has 14 heavy (non-hydrogen) atoms. The average molecular weight is 194 g/mol. The fraction of sp³-hybridized carbons (Fsp3) is 0.444. The monoisotopic (exact) mass is 194 g/mol. The zero-order valence-electron chi connectivity index (χ0n) is 7.94. The van der Waals surface area contributed by atoms with Crippen molar-refractivity contribution in [3.05, 3.63) is 18.2 Å². The topological polar surface area (TPSA) is 63.4 Å². The summed E-state index contributed by atoms with van der Waals surface area (Å²) in [5.41, 5.74) is 2.54. The molecule has 0 aliphatic carbocycles. The summed E-state index contributed by atoms with van der Waals surface area (Å²) in [7, 11) is 0. The van der Waals surface area contributed by atoms with Crippen LogP contribution >= 0.6 is 0 Å². The summed E-state index contributed by atoms with van der Waals surface area (Å²) in [6.07, 6.45) is 0. The van der Waals surface area contributed by atoms with Gasteiger partial charge in [0.2, 0.25) is 0 Å². The number of rotatable bonds is 2. The van der Waals surface area contributed by atoms with Gasteiger partial charge in [-0.2, -0.15) is 0 Å². The fourth-order valence-corrected chi connectivity index (χ4v) is 1.47. The van der Waals surface area contributed by atoms with E-state index in [2.05, 4.69) is 15.3 Å². The van der Waals surface area contributed by atoms with E-state index in [-0.39, 0.29) is 0 Å². The van der Waals surface area contributed by atoms with Crippen LogP contribution in [-0.2, 0) is 4.74 Å². The third-order valence-electron chi connectivity index (χ3n) is 2.22. The highest BCUT2D eigenvalue weighted by atomic mass is 16.5. The zero-order chi connectivity index (χ0) is 9.80. The molecule has 5 nitrogen and oxygen atoms in total. The molecule has 1 fully saturated rings. The van der Waals surface area contributed by atoms with Crippen molar-refractivity contribution in [1.82, 2.24) is 4.98 Å². The lowest BCUT2D eigenvalue weighted by Crippen LogP contribution is -2.36. The van der Waals surface area contributed by atoms with Crippen LogP contribution in [0.4, 0.5) is 11.6 Å². The molecular weight excluding hydrogens is 180 g/mol. The molecule has 0 bridgehead atoms. The lowest BCUT2D eigenvalue weighted by Gasteiger charge is -2.27. The highest BCUT2D eigenvalue weighted by Gasteiger charge is 2.11. The lowest BCUT2D eigenvalue weighted by atomic mass is 10.3. The minimum absolute atomic E-state index is 0.689. The molecule has 0 spiro atoms. The van der Waals surface area contributed by atoms with Crippen molar-refractivity contribution in [1.29, 1.82) is 0 Å². The van der Waals surface area contributed by atoms with Gasteiger partial charge in [-0.05, 0) is 12.1 Å². The maximum absolute atomic E-state index is 5.29. The molecule has 0 amide bonds. The SMILES string of the molecule is NNc1cccc(N2CCOCC2)n1. The van der Waals surface area contributed by atoms with Crippen molar-refractivity contribution in [3.8, 4) is 0 Å². The number of pyridine rings is 1. The Morgan fingerprint density at radius 2 is 2.14 bits per heavy atom. The first-order valence-corrected chi connectivity index (χ1v) is 4.66.